The first kappa shape index (κ1) is 14.3. The standard InChI is InChI=1S/C14H18F3NO/c1-13(7-4-8-19-10-13)18-9-11-5-2-3-6-12(11)14(15,16)17/h2-3,5-6,18H,4,7-10H2,1H3. The van der Waals surface area contributed by atoms with Crippen molar-refractivity contribution >= 4 is 0 Å². The Bertz CT molecular complexity index is 425. The summed E-state index contributed by atoms with van der Waals surface area (Å²) >= 11 is 0. The average molecular weight is 273 g/mol. The molecule has 0 spiro atoms. The van der Waals surface area contributed by atoms with Crippen molar-refractivity contribution in [3.05, 3.63) is 35.4 Å². The predicted octanol–water partition coefficient (Wildman–Crippen LogP) is 3.36. The van der Waals surface area contributed by atoms with Gasteiger partial charge in [-0.15, -0.1) is 0 Å². The van der Waals surface area contributed by atoms with E-state index in [4.69, 9.17) is 4.74 Å². The maximum Gasteiger partial charge on any atom is 0.416 e. The summed E-state index contributed by atoms with van der Waals surface area (Å²) in [6, 6.07) is 5.68. The van der Waals surface area contributed by atoms with Crippen LogP contribution in [0.25, 0.3) is 0 Å². The minimum atomic E-state index is -4.30. The molecule has 1 aliphatic heterocycles. The molecule has 0 amide bonds. The van der Waals surface area contributed by atoms with Crippen molar-refractivity contribution in [3.8, 4) is 0 Å². The number of rotatable bonds is 3. The van der Waals surface area contributed by atoms with Gasteiger partial charge in [-0.3, -0.25) is 0 Å². The Labute approximate surface area is 111 Å². The van der Waals surface area contributed by atoms with E-state index in [2.05, 4.69) is 5.32 Å². The Morgan fingerprint density at radius 3 is 2.68 bits per heavy atom. The Morgan fingerprint density at radius 2 is 2.05 bits per heavy atom. The first-order chi connectivity index (χ1) is 8.91. The van der Waals surface area contributed by atoms with Gasteiger partial charge < -0.3 is 10.1 Å². The molecule has 1 unspecified atom stereocenters. The molecule has 0 bridgehead atoms. The number of ether oxygens (including phenoxy) is 1. The van der Waals surface area contributed by atoms with Crippen LogP contribution in [0.3, 0.4) is 0 Å². The topological polar surface area (TPSA) is 21.3 Å². The highest BCUT2D eigenvalue weighted by Crippen LogP contribution is 2.32. The molecule has 2 rings (SSSR count). The number of hydrogen-bond donors (Lipinski definition) is 1. The first-order valence-electron chi connectivity index (χ1n) is 6.39. The van der Waals surface area contributed by atoms with Crippen LogP contribution < -0.4 is 5.32 Å². The van der Waals surface area contributed by atoms with Gasteiger partial charge >= 0.3 is 6.18 Å². The molecule has 0 aliphatic carbocycles. The van der Waals surface area contributed by atoms with Crippen LogP contribution in [0, 0.1) is 0 Å². The molecule has 0 aromatic heterocycles. The van der Waals surface area contributed by atoms with Gasteiger partial charge in [-0.2, -0.15) is 13.2 Å². The summed E-state index contributed by atoms with van der Waals surface area (Å²) in [6.45, 7) is 3.47. The second kappa shape index (κ2) is 5.51. The number of alkyl halides is 3. The minimum Gasteiger partial charge on any atom is -0.380 e. The summed E-state index contributed by atoms with van der Waals surface area (Å²) in [5.41, 5.74) is -0.527. The zero-order chi connectivity index (χ0) is 13.9. The van der Waals surface area contributed by atoms with Crippen LogP contribution in [0.4, 0.5) is 13.2 Å². The van der Waals surface area contributed by atoms with Crippen molar-refractivity contribution in [1.29, 1.82) is 0 Å². The first-order valence-corrected chi connectivity index (χ1v) is 6.39. The van der Waals surface area contributed by atoms with Crippen molar-refractivity contribution < 1.29 is 17.9 Å². The summed E-state index contributed by atoms with van der Waals surface area (Å²) in [5, 5.41) is 3.20. The highest BCUT2D eigenvalue weighted by Gasteiger charge is 2.33. The van der Waals surface area contributed by atoms with Crippen LogP contribution in [0.15, 0.2) is 24.3 Å². The number of hydrogen-bond acceptors (Lipinski definition) is 2. The summed E-state index contributed by atoms with van der Waals surface area (Å²) in [7, 11) is 0. The van der Waals surface area contributed by atoms with Crippen molar-refractivity contribution in [1.82, 2.24) is 5.32 Å². The molecule has 1 heterocycles. The van der Waals surface area contributed by atoms with Gasteiger partial charge in [-0.1, -0.05) is 18.2 Å². The van der Waals surface area contributed by atoms with Crippen LogP contribution in [-0.2, 0) is 17.5 Å². The summed E-state index contributed by atoms with van der Waals surface area (Å²) < 4.78 is 44.0. The Kier molecular flexibility index (Phi) is 4.16. The zero-order valence-corrected chi connectivity index (χ0v) is 10.9. The lowest BCUT2D eigenvalue weighted by Gasteiger charge is -2.34. The second-order valence-corrected chi connectivity index (χ2v) is 5.23. The van der Waals surface area contributed by atoms with Gasteiger partial charge in [0.2, 0.25) is 0 Å². The Morgan fingerprint density at radius 1 is 1.32 bits per heavy atom. The van der Waals surface area contributed by atoms with Gasteiger partial charge in [0.05, 0.1) is 12.2 Å². The van der Waals surface area contributed by atoms with Crippen LogP contribution in [0.1, 0.15) is 30.9 Å². The minimum absolute atomic E-state index is 0.204. The smallest absolute Gasteiger partial charge is 0.380 e. The van der Waals surface area contributed by atoms with E-state index >= 15 is 0 Å². The number of benzene rings is 1. The van der Waals surface area contributed by atoms with Crippen LogP contribution in [-0.4, -0.2) is 18.8 Å². The van der Waals surface area contributed by atoms with Crippen molar-refractivity contribution in [2.24, 2.45) is 0 Å². The molecular formula is C14H18F3NO. The molecule has 0 saturated carbocycles. The molecule has 1 aromatic carbocycles. The Hall–Kier alpha value is -1.07. The largest absolute Gasteiger partial charge is 0.416 e. The van der Waals surface area contributed by atoms with Crippen LogP contribution in [0.5, 0.6) is 0 Å². The maximum atomic E-state index is 12.9. The van der Waals surface area contributed by atoms with Gasteiger partial charge in [-0.05, 0) is 31.4 Å². The third-order valence-corrected chi connectivity index (χ3v) is 3.47. The lowest BCUT2D eigenvalue weighted by Crippen LogP contribution is -2.48. The fourth-order valence-electron chi connectivity index (χ4n) is 2.33. The monoisotopic (exact) mass is 273 g/mol. The molecule has 1 saturated heterocycles. The van der Waals surface area contributed by atoms with Crippen molar-refractivity contribution in [3.63, 3.8) is 0 Å². The lowest BCUT2D eigenvalue weighted by molar-refractivity contribution is -0.138. The van der Waals surface area contributed by atoms with E-state index < -0.39 is 11.7 Å². The van der Waals surface area contributed by atoms with Crippen molar-refractivity contribution in [2.45, 2.75) is 38.0 Å². The van der Waals surface area contributed by atoms with E-state index in [1.54, 1.807) is 6.07 Å². The summed E-state index contributed by atoms with van der Waals surface area (Å²) in [4.78, 5) is 0. The molecule has 19 heavy (non-hydrogen) atoms. The van der Waals surface area contributed by atoms with E-state index in [1.165, 1.54) is 12.1 Å². The third-order valence-electron chi connectivity index (χ3n) is 3.47. The fourth-order valence-corrected chi connectivity index (χ4v) is 2.33. The molecule has 1 aromatic rings. The summed E-state index contributed by atoms with van der Waals surface area (Å²) in [5.74, 6) is 0. The van der Waals surface area contributed by atoms with E-state index in [-0.39, 0.29) is 17.6 Å². The molecule has 1 atom stereocenters. The van der Waals surface area contributed by atoms with E-state index in [9.17, 15) is 13.2 Å². The van der Waals surface area contributed by atoms with Crippen LogP contribution >= 0.6 is 0 Å². The van der Waals surface area contributed by atoms with Gasteiger partial charge in [0.1, 0.15) is 0 Å². The molecule has 5 heteroatoms. The van der Waals surface area contributed by atoms with Gasteiger partial charge in [0, 0.05) is 18.7 Å². The predicted molar refractivity (Wildman–Crippen MR) is 66.7 cm³/mol. The molecule has 2 nitrogen and oxygen atoms in total. The molecule has 1 aliphatic rings. The highest BCUT2D eigenvalue weighted by molar-refractivity contribution is 5.29. The number of halogens is 3. The normalized spacial score (nSPS) is 24.4. The molecule has 106 valence electrons. The second-order valence-electron chi connectivity index (χ2n) is 5.23. The molecular weight excluding hydrogens is 255 g/mol. The Balaban J connectivity index is 2.07. The fraction of sp³-hybridized carbons (Fsp3) is 0.571. The highest BCUT2D eigenvalue weighted by atomic mass is 19.4. The zero-order valence-electron chi connectivity index (χ0n) is 10.9. The van der Waals surface area contributed by atoms with Gasteiger partial charge in [-0.25, -0.2) is 0 Å². The van der Waals surface area contributed by atoms with E-state index in [0.29, 0.717) is 6.61 Å². The number of nitrogens with one attached hydrogen (secondary N) is 1. The van der Waals surface area contributed by atoms with E-state index in [0.717, 1.165) is 25.5 Å². The molecule has 1 fully saturated rings. The van der Waals surface area contributed by atoms with E-state index in [1.807, 2.05) is 6.92 Å². The van der Waals surface area contributed by atoms with Gasteiger partial charge in [0.25, 0.3) is 0 Å². The van der Waals surface area contributed by atoms with Crippen molar-refractivity contribution in [2.75, 3.05) is 13.2 Å². The van der Waals surface area contributed by atoms with Crippen LogP contribution in [0.2, 0.25) is 0 Å². The maximum absolute atomic E-state index is 12.9. The molecule has 1 N–H and O–H groups in total. The average Bonchev–Trinajstić information content (AvgIpc) is 2.37. The third kappa shape index (κ3) is 3.70. The SMILES string of the molecule is CC1(NCc2ccccc2C(F)(F)F)CCCOC1. The van der Waals surface area contributed by atoms with Gasteiger partial charge in [0.15, 0.2) is 0 Å². The summed E-state index contributed by atoms with van der Waals surface area (Å²) in [6.07, 6.45) is -2.45. The lowest BCUT2D eigenvalue weighted by atomic mass is 9.94. The molecule has 0 radical (unpaired) electrons. The quantitative estimate of drug-likeness (QED) is 0.911.